The Morgan fingerprint density at radius 3 is 2.09 bits per heavy atom. The van der Waals surface area contributed by atoms with Gasteiger partial charge in [-0.1, -0.05) is 76.2 Å². The molecule has 6 heteroatoms. The molecule has 1 amide bonds. The third-order valence-corrected chi connectivity index (χ3v) is 15.8. The average molecular weight is 632 g/mol. The number of fused-ring (bicyclic) bond motifs is 4. The highest BCUT2D eigenvalue weighted by atomic mass is 16.6. The lowest BCUT2D eigenvalue weighted by Crippen LogP contribution is -2.59. The van der Waals surface area contributed by atoms with Crippen LogP contribution in [0, 0.1) is 56.7 Å². The molecule has 0 bridgehead atoms. The zero-order chi connectivity index (χ0) is 33.3. The van der Waals surface area contributed by atoms with E-state index in [1.807, 2.05) is 34.8 Å². The molecule has 2 aliphatic heterocycles. The van der Waals surface area contributed by atoms with Gasteiger partial charge in [-0.25, -0.2) is 4.79 Å². The van der Waals surface area contributed by atoms with Crippen LogP contribution in [0.15, 0.2) is 0 Å². The predicted octanol–water partition coefficient (Wildman–Crippen LogP) is 8.73. The average Bonchev–Trinajstić information content (AvgIpc) is 3.47. The third kappa shape index (κ3) is 4.45. The summed E-state index contributed by atoms with van der Waals surface area (Å²) in [6.45, 7) is 26.4. The number of hydrogen-bond donors (Lipinski definition) is 1. The molecule has 2 heterocycles. The van der Waals surface area contributed by atoms with E-state index in [9.17, 15) is 9.90 Å². The van der Waals surface area contributed by atoms with Crippen molar-refractivity contribution in [1.29, 1.82) is 0 Å². The first-order chi connectivity index (χ1) is 21.3. The summed E-state index contributed by atoms with van der Waals surface area (Å²) in [6.07, 6.45) is 9.49. The summed E-state index contributed by atoms with van der Waals surface area (Å²) in [5.74, 6) is 2.47. The molecule has 5 aliphatic carbocycles. The van der Waals surface area contributed by atoms with Crippen molar-refractivity contribution >= 4 is 6.09 Å². The topological polar surface area (TPSA) is 68.2 Å². The highest BCUT2D eigenvalue weighted by Crippen LogP contribution is 2.91. The SMILES string of the molecule is CC.CC.CO[C@H]1CCC23C(CC[C@@H]4[C@]2(CC[C@]2(C)[C@H]5CC[C@H]([C@H](OC(=O)N6CCC6)C(C)C)O[C@@H]5[C@H](O)[C@@]42C)[C@@H]3C)C1(C)C. The van der Waals surface area contributed by atoms with E-state index in [1.165, 1.54) is 32.1 Å². The first-order valence-corrected chi connectivity index (χ1v) is 19.1. The number of aliphatic hydroxyl groups excluding tert-OH is 1. The van der Waals surface area contributed by atoms with Gasteiger partial charge in [0.05, 0.1) is 24.4 Å². The van der Waals surface area contributed by atoms with E-state index >= 15 is 0 Å². The molecule has 6 nitrogen and oxygen atoms in total. The first-order valence-electron chi connectivity index (χ1n) is 19.1. The number of likely N-dealkylation sites (tertiary alicyclic amines) is 1. The minimum atomic E-state index is -0.480. The smallest absolute Gasteiger partial charge is 0.410 e. The Labute approximate surface area is 276 Å². The second kappa shape index (κ2) is 12.2. The molecule has 7 rings (SSSR count). The van der Waals surface area contributed by atoms with Crippen molar-refractivity contribution in [3.8, 4) is 0 Å². The molecule has 7 fully saturated rings. The summed E-state index contributed by atoms with van der Waals surface area (Å²) < 4.78 is 19.1. The minimum Gasteiger partial charge on any atom is -0.443 e. The van der Waals surface area contributed by atoms with Gasteiger partial charge in [0.25, 0.3) is 0 Å². The fourth-order valence-electron chi connectivity index (χ4n) is 13.5. The second-order valence-electron chi connectivity index (χ2n) is 17.0. The van der Waals surface area contributed by atoms with Crippen LogP contribution in [0.25, 0.3) is 0 Å². The molecular formula is C39H69NO5. The van der Waals surface area contributed by atoms with Crippen LogP contribution in [-0.2, 0) is 14.2 Å². The van der Waals surface area contributed by atoms with Crippen molar-refractivity contribution in [3.05, 3.63) is 0 Å². The van der Waals surface area contributed by atoms with Gasteiger partial charge in [0, 0.05) is 25.6 Å². The Morgan fingerprint density at radius 1 is 0.889 bits per heavy atom. The van der Waals surface area contributed by atoms with Crippen LogP contribution in [0.5, 0.6) is 0 Å². The van der Waals surface area contributed by atoms with Crippen molar-refractivity contribution in [2.75, 3.05) is 20.2 Å². The largest absolute Gasteiger partial charge is 0.443 e. The first kappa shape index (κ1) is 35.5. The van der Waals surface area contributed by atoms with E-state index in [-0.39, 0.29) is 46.6 Å². The van der Waals surface area contributed by atoms with Gasteiger partial charge in [0.15, 0.2) is 0 Å². The fraction of sp³-hybridized carbons (Fsp3) is 0.974. The van der Waals surface area contributed by atoms with Gasteiger partial charge in [0.1, 0.15) is 6.10 Å². The normalized spacial score (nSPS) is 49.2. The zero-order valence-electron chi connectivity index (χ0n) is 31.1. The Kier molecular flexibility index (Phi) is 9.64. The van der Waals surface area contributed by atoms with Gasteiger partial charge < -0.3 is 24.2 Å². The minimum absolute atomic E-state index is 0.0647. The van der Waals surface area contributed by atoms with Crippen molar-refractivity contribution < 1.29 is 24.1 Å². The molecule has 260 valence electrons. The number of methoxy groups -OCH3 is 1. The Morgan fingerprint density at radius 2 is 1.51 bits per heavy atom. The second-order valence-corrected chi connectivity index (χ2v) is 17.0. The Hall–Kier alpha value is -0.850. The molecule has 2 saturated heterocycles. The summed E-state index contributed by atoms with van der Waals surface area (Å²) in [5, 5.41) is 12.5. The molecule has 7 aliphatic rings. The number of rotatable bonds is 4. The van der Waals surface area contributed by atoms with E-state index < -0.39 is 6.10 Å². The molecular weight excluding hydrogens is 562 g/mol. The maximum atomic E-state index is 12.8. The summed E-state index contributed by atoms with van der Waals surface area (Å²) in [6, 6.07) is 0. The lowest BCUT2D eigenvalue weighted by molar-refractivity contribution is -0.187. The summed E-state index contributed by atoms with van der Waals surface area (Å²) in [4.78, 5) is 14.6. The van der Waals surface area contributed by atoms with Gasteiger partial charge in [-0.2, -0.15) is 0 Å². The molecule has 45 heavy (non-hydrogen) atoms. The van der Waals surface area contributed by atoms with Crippen LogP contribution in [0.1, 0.15) is 134 Å². The third-order valence-electron chi connectivity index (χ3n) is 15.8. The van der Waals surface area contributed by atoms with Gasteiger partial charge in [-0.3, -0.25) is 0 Å². The summed E-state index contributed by atoms with van der Waals surface area (Å²) >= 11 is 0. The Balaban J connectivity index is 0.000000963. The lowest BCUT2D eigenvalue weighted by Gasteiger charge is -2.63. The van der Waals surface area contributed by atoms with Crippen LogP contribution >= 0.6 is 0 Å². The fourth-order valence-corrected chi connectivity index (χ4v) is 13.5. The monoisotopic (exact) mass is 632 g/mol. The number of aliphatic hydroxyl groups is 1. The van der Waals surface area contributed by atoms with Crippen LogP contribution in [0.4, 0.5) is 4.79 Å². The standard InChI is InChI=1S/C35H57NO5.2C2H6/c1-20(2)27(41-30(38)36-18-9-19-36)23-11-10-22-28(40-23)29(37)33(7)25-13-12-24-31(4,5)26(39-8)14-15-34(24)21(3)35(25,34)17-16-32(22,33)6;2*1-2/h20-29,37H,9-19H2,1-8H3;2*1-2H3/t21-,22+,23-,24?,25+,26+,27-,28+,29+,32-,33-,34?,35+;;/m1../s1. The molecule has 0 radical (unpaired) electrons. The molecule has 1 N–H and O–H groups in total. The van der Waals surface area contributed by atoms with Crippen LogP contribution in [-0.4, -0.2) is 66.8 Å². The van der Waals surface area contributed by atoms with Crippen LogP contribution in [0.3, 0.4) is 0 Å². The number of nitrogens with zero attached hydrogens (tertiary/aromatic N) is 1. The number of hydrogen-bond acceptors (Lipinski definition) is 5. The zero-order valence-corrected chi connectivity index (χ0v) is 31.1. The van der Waals surface area contributed by atoms with Crippen LogP contribution in [0.2, 0.25) is 0 Å². The molecule has 0 aromatic carbocycles. The van der Waals surface area contributed by atoms with E-state index in [0.717, 1.165) is 38.8 Å². The maximum Gasteiger partial charge on any atom is 0.410 e. The maximum absolute atomic E-state index is 12.8. The molecule has 2 unspecified atom stereocenters. The molecule has 2 spiro atoms. The van der Waals surface area contributed by atoms with Gasteiger partial charge in [0.2, 0.25) is 0 Å². The summed E-state index contributed by atoms with van der Waals surface area (Å²) in [5.41, 5.74) is 0.817. The van der Waals surface area contributed by atoms with Crippen molar-refractivity contribution in [2.45, 2.75) is 164 Å². The highest BCUT2D eigenvalue weighted by Gasteiger charge is 2.87. The van der Waals surface area contributed by atoms with Gasteiger partial charge >= 0.3 is 6.09 Å². The van der Waals surface area contributed by atoms with Gasteiger partial charge in [-0.15, -0.1) is 0 Å². The summed E-state index contributed by atoms with van der Waals surface area (Å²) in [7, 11) is 1.91. The number of ether oxygens (including phenoxy) is 3. The van der Waals surface area contributed by atoms with E-state index in [0.29, 0.717) is 40.6 Å². The van der Waals surface area contributed by atoms with E-state index in [4.69, 9.17) is 14.2 Å². The van der Waals surface area contributed by atoms with Crippen molar-refractivity contribution in [1.82, 2.24) is 4.90 Å². The van der Waals surface area contributed by atoms with E-state index in [2.05, 4.69) is 48.5 Å². The predicted molar refractivity (Wildman–Crippen MR) is 181 cm³/mol. The van der Waals surface area contributed by atoms with Gasteiger partial charge in [-0.05, 0) is 109 Å². The van der Waals surface area contributed by atoms with E-state index in [1.54, 1.807) is 4.90 Å². The number of carbonyl (C=O) groups is 1. The lowest BCUT2D eigenvalue weighted by atomic mass is 9.41. The van der Waals surface area contributed by atoms with Crippen molar-refractivity contribution in [2.24, 2.45) is 56.7 Å². The molecule has 5 saturated carbocycles. The van der Waals surface area contributed by atoms with Crippen LogP contribution < -0.4 is 0 Å². The number of amides is 1. The highest BCUT2D eigenvalue weighted by molar-refractivity contribution is 5.68. The number of carbonyl (C=O) groups excluding carboxylic acids is 1. The molecule has 0 aromatic heterocycles. The Bertz CT molecular complexity index is 1070. The molecule has 0 aromatic rings. The quantitative estimate of drug-likeness (QED) is 0.336. The van der Waals surface area contributed by atoms with Crippen molar-refractivity contribution in [3.63, 3.8) is 0 Å². The molecule has 13 atom stereocenters.